The SMILES string of the molecule is O=C(O)CC1CCCN2CCC1C2. The topological polar surface area (TPSA) is 40.5 Å². The zero-order chi connectivity index (χ0) is 9.26. The van der Waals surface area contributed by atoms with Crippen molar-refractivity contribution in [2.24, 2.45) is 11.8 Å². The maximum atomic E-state index is 10.6. The molecule has 0 aromatic heterocycles. The Bertz CT molecular complexity index is 205. The van der Waals surface area contributed by atoms with Gasteiger partial charge in [-0.1, -0.05) is 0 Å². The second-order valence-corrected chi connectivity index (χ2v) is 4.35. The van der Waals surface area contributed by atoms with E-state index in [9.17, 15) is 4.79 Å². The van der Waals surface area contributed by atoms with Crippen LogP contribution in [-0.2, 0) is 4.79 Å². The van der Waals surface area contributed by atoms with Crippen molar-refractivity contribution in [1.82, 2.24) is 4.90 Å². The summed E-state index contributed by atoms with van der Waals surface area (Å²) >= 11 is 0. The van der Waals surface area contributed by atoms with Gasteiger partial charge < -0.3 is 10.0 Å². The monoisotopic (exact) mass is 183 g/mol. The second kappa shape index (κ2) is 3.66. The molecule has 1 N–H and O–H groups in total. The van der Waals surface area contributed by atoms with Gasteiger partial charge in [0.2, 0.25) is 0 Å². The van der Waals surface area contributed by atoms with Gasteiger partial charge in [-0.05, 0) is 44.2 Å². The summed E-state index contributed by atoms with van der Waals surface area (Å²) < 4.78 is 0. The first-order valence-corrected chi connectivity index (χ1v) is 5.20. The van der Waals surface area contributed by atoms with Crippen molar-refractivity contribution in [2.45, 2.75) is 25.7 Å². The molecule has 2 bridgehead atoms. The smallest absolute Gasteiger partial charge is 0.303 e. The molecule has 3 atom stereocenters. The van der Waals surface area contributed by atoms with Crippen molar-refractivity contribution in [1.29, 1.82) is 0 Å². The molecule has 74 valence electrons. The molecule has 2 fully saturated rings. The van der Waals surface area contributed by atoms with E-state index in [0.29, 0.717) is 18.3 Å². The molecule has 3 unspecified atom stereocenters. The van der Waals surface area contributed by atoms with Crippen LogP contribution in [0.5, 0.6) is 0 Å². The molecule has 0 amide bonds. The van der Waals surface area contributed by atoms with Gasteiger partial charge >= 0.3 is 5.97 Å². The van der Waals surface area contributed by atoms with Crippen molar-refractivity contribution in [2.75, 3.05) is 19.6 Å². The molecule has 0 aromatic rings. The number of aliphatic carboxylic acids is 1. The fourth-order valence-corrected chi connectivity index (χ4v) is 2.76. The van der Waals surface area contributed by atoms with Gasteiger partial charge in [0.15, 0.2) is 0 Å². The number of rotatable bonds is 2. The minimum absolute atomic E-state index is 0.387. The summed E-state index contributed by atoms with van der Waals surface area (Å²) in [5, 5.41) is 8.77. The van der Waals surface area contributed by atoms with Crippen LogP contribution >= 0.6 is 0 Å². The highest BCUT2D eigenvalue weighted by Gasteiger charge is 2.32. The van der Waals surface area contributed by atoms with Crippen molar-refractivity contribution in [3.05, 3.63) is 0 Å². The summed E-state index contributed by atoms with van der Waals surface area (Å²) in [4.78, 5) is 13.1. The van der Waals surface area contributed by atoms with Crippen LogP contribution in [0.2, 0.25) is 0 Å². The lowest BCUT2D eigenvalue weighted by atomic mass is 9.86. The first-order chi connectivity index (χ1) is 6.25. The van der Waals surface area contributed by atoms with Crippen LogP contribution in [0.3, 0.4) is 0 Å². The number of hydrogen-bond acceptors (Lipinski definition) is 2. The molecule has 2 heterocycles. The van der Waals surface area contributed by atoms with Crippen molar-refractivity contribution in [3.63, 3.8) is 0 Å². The number of carboxylic acids is 1. The van der Waals surface area contributed by atoms with Gasteiger partial charge in [0.05, 0.1) is 0 Å². The Labute approximate surface area is 78.7 Å². The maximum absolute atomic E-state index is 10.6. The largest absolute Gasteiger partial charge is 0.481 e. The Balaban J connectivity index is 1.97. The van der Waals surface area contributed by atoms with Gasteiger partial charge in [-0.2, -0.15) is 0 Å². The Morgan fingerprint density at radius 2 is 2.23 bits per heavy atom. The molecule has 3 nitrogen and oxygen atoms in total. The lowest BCUT2D eigenvalue weighted by molar-refractivity contribution is -0.138. The second-order valence-electron chi connectivity index (χ2n) is 4.35. The zero-order valence-corrected chi connectivity index (χ0v) is 7.91. The van der Waals surface area contributed by atoms with Crippen molar-refractivity contribution in [3.8, 4) is 0 Å². The third-order valence-electron chi connectivity index (χ3n) is 3.46. The Morgan fingerprint density at radius 1 is 1.38 bits per heavy atom. The van der Waals surface area contributed by atoms with Crippen LogP contribution < -0.4 is 0 Å². The lowest BCUT2D eigenvalue weighted by Crippen LogP contribution is -2.20. The van der Waals surface area contributed by atoms with E-state index in [4.69, 9.17) is 5.11 Å². The summed E-state index contributed by atoms with van der Waals surface area (Å²) in [7, 11) is 0. The molecule has 0 spiro atoms. The van der Waals surface area contributed by atoms with Gasteiger partial charge in [0.25, 0.3) is 0 Å². The minimum atomic E-state index is -0.620. The van der Waals surface area contributed by atoms with Crippen molar-refractivity contribution < 1.29 is 9.90 Å². The molecule has 3 heteroatoms. The molecule has 13 heavy (non-hydrogen) atoms. The highest BCUT2D eigenvalue weighted by atomic mass is 16.4. The van der Waals surface area contributed by atoms with Crippen LogP contribution in [0.1, 0.15) is 25.7 Å². The molecule has 2 aliphatic heterocycles. The standard InChI is InChI=1S/C10H17NO2/c12-10(13)6-8-2-1-4-11-5-3-9(8)7-11/h8-9H,1-7H2,(H,12,13). The third kappa shape index (κ3) is 2.02. The first kappa shape index (κ1) is 9.00. The third-order valence-corrected chi connectivity index (χ3v) is 3.46. The molecular formula is C10H17NO2. The molecule has 0 aliphatic carbocycles. The van der Waals surface area contributed by atoms with E-state index in [2.05, 4.69) is 4.90 Å². The summed E-state index contributed by atoms with van der Waals surface area (Å²) in [6.07, 6.45) is 3.92. The average molecular weight is 183 g/mol. The van der Waals surface area contributed by atoms with Gasteiger partial charge in [-0.25, -0.2) is 0 Å². The molecular weight excluding hydrogens is 166 g/mol. The van der Waals surface area contributed by atoms with Gasteiger partial charge in [-0.3, -0.25) is 4.79 Å². The van der Waals surface area contributed by atoms with Gasteiger partial charge in [0, 0.05) is 13.0 Å². The first-order valence-electron chi connectivity index (χ1n) is 5.20. The van der Waals surface area contributed by atoms with E-state index in [0.717, 1.165) is 13.0 Å². The Kier molecular flexibility index (Phi) is 2.54. The van der Waals surface area contributed by atoms with Gasteiger partial charge in [-0.15, -0.1) is 0 Å². The van der Waals surface area contributed by atoms with E-state index >= 15 is 0 Å². The number of nitrogens with zero attached hydrogens (tertiary/aromatic N) is 1. The normalized spacial score (nSPS) is 38.6. The summed E-state index contributed by atoms with van der Waals surface area (Å²) in [6.45, 7) is 3.53. The fourth-order valence-electron chi connectivity index (χ4n) is 2.76. The molecule has 0 radical (unpaired) electrons. The van der Waals surface area contributed by atoms with E-state index < -0.39 is 5.97 Å². The summed E-state index contributed by atoms with van der Waals surface area (Å²) in [5.74, 6) is 0.494. The number of carbonyl (C=O) groups is 1. The number of fused-ring (bicyclic) bond motifs is 2. The van der Waals surface area contributed by atoms with Crippen LogP contribution in [0.15, 0.2) is 0 Å². The van der Waals surface area contributed by atoms with Crippen LogP contribution in [0.4, 0.5) is 0 Å². The Morgan fingerprint density at radius 3 is 3.00 bits per heavy atom. The average Bonchev–Trinajstić information content (AvgIpc) is 2.40. The van der Waals surface area contributed by atoms with E-state index in [1.165, 1.54) is 25.9 Å². The van der Waals surface area contributed by atoms with E-state index in [1.54, 1.807) is 0 Å². The highest BCUT2D eigenvalue weighted by molar-refractivity contribution is 5.67. The van der Waals surface area contributed by atoms with E-state index in [-0.39, 0.29) is 0 Å². The number of hydrogen-bond donors (Lipinski definition) is 1. The molecule has 0 saturated carbocycles. The summed E-state index contributed by atoms with van der Waals surface area (Å²) in [5.41, 5.74) is 0. The predicted octanol–water partition coefficient (Wildman–Crippen LogP) is 1.19. The zero-order valence-electron chi connectivity index (χ0n) is 7.91. The van der Waals surface area contributed by atoms with Gasteiger partial charge in [0.1, 0.15) is 0 Å². The Hall–Kier alpha value is -0.570. The van der Waals surface area contributed by atoms with Crippen molar-refractivity contribution >= 4 is 5.97 Å². The van der Waals surface area contributed by atoms with Crippen LogP contribution in [-0.4, -0.2) is 35.6 Å². The van der Waals surface area contributed by atoms with E-state index in [1.807, 2.05) is 0 Å². The fraction of sp³-hybridized carbons (Fsp3) is 0.900. The highest BCUT2D eigenvalue weighted by Crippen LogP contribution is 2.33. The molecule has 2 saturated heterocycles. The maximum Gasteiger partial charge on any atom is 0.303 e. The minimum Gasteiger partial charge on any atom is -0.481 e. The molecule has 0 aromatic carbocycles. The van der Waals surface area contributed by atoms with Crippen LogP contribution in [0.25, 0.3) is 0 Å². The number of carboxylic acid groups (broad SMARTS) is 1. The predicted molar refractivity (Wildman–Crippen MR) is 49.5 cm³/mol. The molecule has 2 aliphatic rings. The molecule has 2 rings (SSSR count). The lowest BCUT2D eigenvalue weighted by Gasteiger charge is -2.19. The van der Waals surface area contributed by atoms with Crippen LogP contribution in [0, 0.1) is 11.8 Å². The quantitative estimate of drug-likeness (QED) is 0.699. The summed E-state index contributed by atoms with van der Waals surface area (Å²) in [6, 6.07) is 0.